The van der Waals surface area contributed by atoms with E-state index < -0.39 is 0 Å². The molecule has 0 bridgehead atoms. The Bertz CT molecular complexity index is 868. The van der Waals surface area contributed by atoms with Crippen LogP contribution in [0.15, 0.2) is 46.9 Å². The van der Waals surface area contributed by atoms with Crippen LogP contribution in [0.4, 0.5) is 5.69 Å². The molecule has 1 N–H and O–H groups in total. The largest absolute Gasteiger partial charge is 0.436 e. The van der Waals surface area contributed by atoms with Crippen molar-refractivity contribution in [1.82, 2.24) is 10.3 Å². The molecule has 0 amide bonds. The van der Waals surface area contributed by atoms with Crippen molar-refractivity contribution in [3.05, 3.63) is 48.0 Å². The number of hydrogen-bond acceptors (Lipinski definition) is 4. The molecule has 0 unspecified atom stereocenters. The van der Waals surface area contributed by atoms with Gasteiger partial charge in [0.15, 0.2) is 5.58 Å². The number of nitrogens with zero attached hydrogens (tertiary/aromatic N) is 2. The fourth-order valence-electron chi connectivity index (χ4n) is 3.33. The van der Waals surface area contributed by atoms with Crippen LogP contribution in [0.1, 0.15) is 26.3 Å². The summed E-state index contributed by atoms with van der Waals surface area (Å²) >= 11 is 0. The third-order valence-electron chi connectivity index (χ3n) is 4.85. The molecule has 2 heterocycles. The second-order valence-electron chi connectivity index (χ2n) is 7.71. The number of hydrogen-bond donors (Lipinski definition) is 1. The first-order valence-electron chi connectivity index (χ1n) is 8.98. The lowest BCUT2D eigenvalue weighted by Crippen LogP contribution is -2.43. The summed E-state index contributed by atoms with van der Waals surface area (Å²) in [5, 5.41) is 3.40. The molecule has 0 saturated carbocycles. The summed E-state index contributed by atoms with van der Waals surface area (Å²) in [5.74, 6) is 0.693. The van der Waals surface area contributed by atoms with E-state index in [0.717, 1.165) is 42.8 Å². The SMILES string of the molecule is CC(C)(C)c1ccc(-c2nc3c(N4CCNCC4)cccc3o2)cc1. The topological polar surface area (TPSA) is 41.3 Å². The molecule has 1 fully saturated rings. The van der Waals surface area contributed by atoms with Gasteiger partial charge in [-0.2, -0.15) is 0 Å². The van der Waals surface area contributed by atoms with Gasteiger partial charge < -0.3 is 14.6 Å². The van der Waals surface area contributed by atoms with Crippen LogP contribution in [-0.4, -0.2) is 31.2 Å². The van der Waals surface area contributed by atoms with E-state index in [-0.39, 0.29) is 5.41 Å². The first kappa shape index (κ1) is 16.2. The van der Waals surface area contributed by atoms with Gasteiger partial charge in [0.25, 0.3) is 0 Å². The van der Waals surface area contributed by atoms with Crippen molar-refractivity contribution in [2.24, 2.45) is 0 Å². The van der Waals surface area contributed by atoms with Crippen LogP contribution in [-0.2, 0) is 5.41 Å². The van der Waals surface area contributed by atoms with Crippen molar-refractivity contribution in [2.45, 2.75) is 26.2 Å². The third kappa shape index (κ3) is 3.14. The molecule has 0 atom stereocenters. The van der Waals surface area contributed by atoms with Crippen LogP contribution in [0.2, 0.25) is 0 Å². The highest BCUT2D eigenvalue weighted by molar-refractivity contribution is 5.89. The third-order valence-corrected chi connectivity index (χ3v) is 4.85. The van der Waals surface area contributed by atoms with Gasteiger partial charge in [-0.3, -0.25) is 0 Å². The van der Waals surface area contributed by atoms with Crippen molar-refractivity contribution in [2.75, 3.05) is 31.1 Å². The molecule has 130 valence electrons. The lowest BCUT2D eigenvalue weighted by molar-refractivity contribution is 0.589. The number of oxazole rings is 1. The van der Waals surface area contributed by atoms with Crippen LogP contribution in [0, 0.1) is 0 Å². The van der Waals surface area contributed by atoms with Crippen LogP contribution in [0.3, 0.4) is 0 Å². The predicted molar refractivity (Wildman–Crippen MR) is 103 cm³/mol. The van der Waals surface area contributed by atoms with Crippen LogP contribution < -0.4 is 10.2 Å². The summed E-state index contributed by atoms with van der Waals surface area (Å²) in [6.45, 7) is 10.7. The van der Waals surface area contributed by atoms with Crippen molar-refractivity contribution >= 4 is 16.8 Å². The highest BCUT2D eigenvalue weighted by Gasteiger charge is 2.18. The minimum Gasteiger partial charge on any atom is -0.436 e. The van der Waals surface area contributed by atoms with Gasteiger partial charge in [-0.15, -0.1) is 0 Å². The van der Waals surface area contributed by atoms with E-state index in [9.17, 15) is 0 Å². The standard InChI is InChI=1S/C21H25N3O/c1-21(2,3)16-9-7-15(8-10-16)20-23-19-17(5-4-6-18(19)25-20)24-13-11-22-12-14-24/h4-10,22H,11-14H2,1-3H3. The molecule has 1 aliphatic heterocycles. The molecule has 4 heteroatoms. The summed E-state index contributed by atoms with van der Waals surface area (Å²) in [7, 11) is 0. The Morgan fingerprint density at radius 1 is 1.00 bits per heavy atom. The zero-order valence-electron chi connectivity index (χ0n) is 15.2. The number of nitrogens with one attached hydrogen (secondary N) is 1. The molecule has 1 aromatic heterocycles. The number of rotatable bonds is 2. The van der Waals surface area contributed by atoms with E-state index in [1.807, 2.05) is 6.07 Å². The van der Waals surface area contributed by atoms with Crippen LogP contribution in [0.5, 0.6) is 0 Å². The smallest absolute Gasteiger partial charge is 0.227 e. The maximum Gasteiger partial charge on any atom is 0.227 e. The molecule has 25 heavy (non-hydrogen) atoms. The number of anilines is 1. The molecule has 2 aromatic carbocycles. The van der Waals surface area contributed by atoms with E-state index >= 15 is 0 Å². The van der Waals surface area contributed by atoms with Crippen LogP contribution in [0.25, 0.3) is 22.6 Å². The number of para-hydroxylation sites is 1. The quantitative estimate of drug-likeness (QED) is 0.762. The molecule has 3 aromatic rings. The van der Waals surface area contributed by atoms with Gasteiger partial charge in [-0.25, -0.2) is 4.98 Å². The molecule has 4 rings (SSSR count). The van der Waals surface area contributed by atoms with Gasteiger partial charge in [0, 0.05) is 31.7 Å². The first-order valence-corrected chi connectivity index (χ1v) is 8.98. The Morgan fingerprint density at radius 2 is 1.72 bits per heavy atom. The minimum absolute atomic E-state index is 0.148. The van der Waals surface area contributed by atoms with Gasteiger partial charge in [0.2, 0.25) is 5.89 Å². The zero-order chi connectivity index (χ0) is 17.4. The Labute approximate surface area is 148 Å². The summed E-state index contributed by atoms with van der Waals surface area (Å²) in [4.78, 5) is 7.20. The second kappa shape index (κ2) is 6.19. The monoisotopic (exact) mass is 335 g/mol. The predicted octanol–water partition coefficient (Wildman–Crippen LogP) is 4.20. The van der Waals surface area contributed by atoms with Gasteiger partial charge in [-0.1, -0.05) is 39.0 Å². The fraction of sp³-hybridized carbons (Fsp3) is 0.381. The molecular formula is C21H25N3O. The lowest BCUT2D eigenvalue weighted by atomic mass is 9.87. The average Bonchev–Trinajstić information content (AvgIpc) is 3.06. The fourth-order valence-corrected chi connectivity index (χ4v) is 3.33. The van der Waals surface area contributed by atoms with Crippen molar-refractivity contribution in [3.8, 4) is 11.5 Å². The highest BCUT2D eigenvalue weighted by Crippen LogP contribution is 2.32. The van der Waals surface area contributed by atoms with Crippen LogP contribution >= 0.6 is 0 Å². The molecule has 0 aliphatic carbocycles. The Hall–Kier alpha value is -2.33. The average molecular weight is 335 g/mol. The summed E-state index contributed by atoms with van der Waals surface area (Å²) in [6, 6.07) is 14.7. The number of benzene rings is 2. The first-order chi connectivity index (χ1) is 12.0. The number of fused-ring (bicyclic) bond motifs is 1. The number of aromatic nitrogens is 1. The van der Waals surface area contributed by atoms with E-state index in [2.05, 4.69) is 67.4 Å². The summed E-state index contributed by atoms with van der Waals surface area (Å²) < 4.78 is 6.06. The lowest BCUT2D eigenvalue weighted by Gasteiger charge is -2.29. The molecule has 0 radical (unpaired) electrons. The highest BCUT2D eigenvalue weighted by atomic mass is 16.3. The van der Waals surface area contributed by atoms with Crippen molar-refractivity contribution in [3.63, 3.8) is 0 Å². The maximum absolute atomic E-state index is 6.06. The van der Waals surface area contributed by atoms with E-state index in [1.165, 1.54) is 11.3 Å². The summed E-state index contributed by atoms with van der Waals surface area (Å²) in [6.07, 6.45) is 0. The van der Waals surface area contributed by atoms with E-state index in [4.69, 9.17) is 9.40 Å². The van der Waals surface area contributed by atoms with E-state index in [0.29, 0.717) is 5.89 Å². The molecule has 4 nitrogen and oxygen atoms in total. The van der Waals surface area contributed by atoms with Crippen molar-refractivity contribution < 1.29 is 4.42 Å². The molecule has 1 aliphatic rings. The van der Waals surface area contributed by atoms with Gasteiger partial charge in [0.05, 0.1) is 5.69 Å². The Kier molecular flexibility index (Phi) is 4.00. The maximum atomic E-state index is 6.06. The zero-order valence-corrected chi connectivity index (χ0v) is 15.2. The Balaban J connectivity index is 1.71. The molecule has 0 spiro atoms. The summed E-state index contributed by atoms with van der Waals surface area (Å²) in [5.41, 5.74) is 5.46. The molecular weight excluding hydrogens is 310 g/mol. The van der Waals surface area contributed by atoms with Crippen molar-refractivity contribution in [1.29, 1.82) is 0 Å². The normalized spacial score (nSPS) is 15.7. The minimum atomic E-state index is 0.148. The Morgan fingerprint density at radius 3 is 2.40 bits per heavy atom. The number of piperazine rings is 1. The molecule has 1 saturated heterocycles. The van der Waals surface area contributed by atoms with Gasteiger partial charge >= 0.3 is 0 Å². The second-order valence-corrected chi connectivity index (χ2v) is 7.71. The van der Waals surface area contributed by atoms with E-state index in [1.54, 1.807) is 0 Å². The van der Waals surface area contributed by atoms with Gasteiger partial charge in [-0.05, 0) is 35.2 Å². The van der Waals surface area contributed by atoms with Gasteiger partial charge in [0.1, 0.15) is 5.52 Å².